The quantitative estimate of drug-likeness (QED) is 0.185. The van der Waals surface area contributed by atoms with E-state index < -0.39 is 30.7 Å². The summed E-state index contributed by atoms with van der Waals surface area (Å²) in [6.45, 7) is 0. The van der Waals surface area contributed by atoms with Gasteiger partial charge < -0.3 is 0 Å². The van der Waals surface area contributed by atoms with Crippen molar-refractivity contribution >= 4 is 0 Å². The molecule has 0 atom stereocenters. The number of hydrogen-bond acceptors (Lipinski definition) is 12. The summed E-state index contributed by atoms with van der Waals surface area (Å²) in [6, 6.07) is 0. The molecular weight excluding hydrogens is 581 g/mol. The summed E-state index contributed by atoms with van der Waals surface area (Å²) >= 11 is 0. The van der Waals surface area contributed by atoms with Crippen molar-refractivity contribution < 1.29 is 106 Å². The molecule has 16 heteroatoms. The monoisotopic (exact) mass is 600 g/mol. The van der Waals surface area contributed by atoms with Crippen LogP contribution in [-0.4, -0.2) is 0 Å². The van der Waals surface area contributed by atoms with Gasteiger partial charge in [-0.05, 0) is 43.9 Å². The smallest absolute Gasteiger partial charge is 0.222 e. The van der Waals surface area contributed by atoms with Crippen LogP contribution in [0.15, 0.2) is 48.6 Å². The molecule has 0 radical (unpaired) electrons. The number of rotatable bonds is 0. The van der Waals surface area contributed by atoms with E-state index in [0.717, 1.165) is 11.8 Å². The van der Waals surface area contributed by atoms with Crippen molar-refractivity contribution in [1.82, 2.24) is 0 Å². The first kappa shape index (κ1) is 35.6. The van der Waals surface area contributed by atoms with Crippen molar-refractivity contribution in [3.8, 4) is 0 Å². The normalized spacial score (nSPS) is 21.8. The molecule has 0 aliphatic heterocycles. The van der Waals surface area contributed by atoms with Crippen molar-refractivity contribution in [2.75, 3.05) is 0 Å². The molecule has 12 nitrogen and oxygen atoms in total. The van der Waals surface area contributed by atoms with E-state index in [0.29, 0.717) is 0 Å². The van der Waals surface area contributed by atoms with Crippen LogP contribution in [0, 0.1) is 42.6 Å². The average Bonchev–Trinajstić information content (AvgIpc) is 3.06. The average molecular weight is 602 g/mol. The maximum absolute atomic E-state index is 8.49. The van der Waals surface area contributed by atoms with Gasteiger partial charge >= 0.3 is 19.5 Å². The fourth-order valence-corrected chi connectivity index (χ4v) is 2.18. The molecule has 31 heavy (non-hydrogen) atoms. The number of fused-ring (bicyclic) bond motifs is 2. The third-order valence-corrected chi connectivity index (χ3v) is 3.09. The maximum atomic E-state index is 8.49. The van der Waals surface area contributed by atoms with E-state index in [2.05, 4.69) is 48.6 Å². The minimum Gasteiger partial charge on any atom is -0.222 e. The van der Waals surface area contributed by atoms with Crippen LogP contribution in [0.5, 0.6) is 0 Å². The van der Waals surface area contributed by atoms with Crippen molar-refractivity contribution in [3.05, 3.63) is 48.6 Å². The van der Waals surface area contributed by atoms with Gasteiger partial charge in [0, 0.05) is 0 Å². The second kappa shape index (κ2) is 18.4. The van der Waals surface area contributed by atoms with Crippen molar-refractivity contribution in [3.63, 3.8) is 0 Å². The number of halogens is 3. The van der Waals surface area contributed by atoms with Gasteiger partial charge in [-0.15, -0.1) is 30.7 Å². The van der Waals surface area contributed by atoms with Crippen LogP contribution in [-0.2, 0) is 19.5 Å². The van der Waals surface area contributed by atoms with E-state index in [9.17, 15) is 0 Å². The van der Waals surface area contributed by atoms with Gasteiger partial charge in [0.1, 0.15) is 0 Å². The van der Waals surface area contributed by atoms with Gasteiger partial charge in [-0.1, -0.05) is 48.6 Å². The summed E-state index contributed by atoms with van der Waals surface area (Å²) in [5.41, 5.74) is 0. The first-order chi connectivity index (χ1) is 13.4. The summed E-state index contributed by atoms with van der Waals surface area (Å²) in [6.07, 6.45) is 24.5. The molecule has 3 aliphatic carbocycles. The molecule has 3 aliphatic rings. The summed E-state index contributed by atoms with van der Waals surface area (Å²) < 4.78 is 102. The second-order valence-electron chi connectivity index (χ2n) is 5.56. The van der Waals surface area contributed by atoms with E-state index >= 15 is 0 Å². The van der Waals surface area contributed by atoms with Gasteiger partial charge in [-0.25, -0.2) is 55.9 Å². The molecular formula is C15H20Cl3O12Rh. The molecule has 0 fully saturated rings. The summed E-state index contributed by atoms with van der Waals surface area (Å²) in [7, 11) is -14.8. The molecule has 182 valence electrons. The molecule has 0 amide bonds. The van der Waals surface area contributed by atoms with E-state index in [-0.39, 0.29) is 19.5 Å². The van der Waals surface area contributed by atoms with Gasteiger partial charge in [0.25, 0.3) is 0 Å². The maximum Gasteiger partial charge on any atom is 3.00 e. The molecule has 0 heterocycles. The van der Waals surface area contributed by atoms with Crippen LogP contribution in [0.3, 0.4) is 0 Å². The molecule has 0 N–H and O–H groups in total. The summed E-state index contributed by atoms with van der Waals surface area (Å²) in [4.78, 5) is 0. The molecule has 0 spiro atoms. The fourth-order valence-electron chi connectivity index (χ4n) is 2.18. The Morgan fingerprint density at radius 1 is 0.419 bits per heavy atom. The van der Waals surface area contributed by atoms with Crippen molar-refractivity contribution in [2.24, 2.45) is 11.8 Å². The third-order valence-electron chi connectivity index (χ3n) is 3.09. The predicted octanol–water partition coefficient (Wildman–Crippen LogP) is -9.85. The molecule has 0 aromatic rings. The Kier molecular flexibility index (Phi) is 21.1. The predicted molar refractivity (Wildman–Crippen MR) is 66.6 cm³/mol. The zero-order valence-corrected chi connectivity index (χ0v) is 19.6. The summed E-state index contributed by atoms with van der Waals surface area (Å²) in [5, 5.41) is 0. The topological polar surface area (TPSA) is 277 Å². The molecule has 0 unspecified atom stereocenters. The molecule has 0 saturated carbocycles. The van der Waals surface area contributed by atoms with Crippen LogP contribution in [0.2, 0.25) is 0 Å². The third kappa shape index (κ3) is 48.6. The van der Waals surface area contributed by atoms with E-state index in [1.165, 1.54) is 32.1 Å². The standard InChI is InChI=1S/C8H12.C7H8.3ClHO4.Rh/c1-2-4-6-8-7-5-3-1;1-2-7-4-3-6(1)5-7;3*2-1(3,4)5;/h1-2,7-8H,3-6H2;1-4,6-7H,5H2;3*(H,2,3,4,5);/q;;;;;+3/p-3/b2-1-,8-7?;;;;;. The zero-order chi connectivity index (χ0) is 23.8. The van der Waals surface area contributed by atoms with Crippen LogP contribution < -0.4 is 55.9 Å². The molecule has 3 rings (SSSR count). The minimum atomic E-state index is -4.94. The Hall–Kier alpha value is -0.0266. The minimum absolute atomic E-state index is 0. The Labute approximate surface area is 198 Å². The first-order valence-corrected chi connectivity index (χ1v) is 11.7. The zero-order valence-electron chi connectivity index (χ0n) is 15.7. The van der Waals surface area contributed by atoms with Gasteiger partial charge in [-0.3, -0.25) is 0 Å². The second-order valence-corrected chi connectivity index (χ2v) is 7.83. The van der Waals surface area contributed by atoms with Crippen LogP contribution in [0.1, 0.15) is 32.1 Å². The molecule has 2 bridgehead atoms. The molecule has 0 saturated heterocycles. The van der Waals surface area contributed by atoms with E-state index in [1.807, 2.05) is 0 Å². The Morgan fingerprint density at radius 2 is 0.581 bits per heavy atom. The van der Waals surface area contributed by atoms with Gasteiger partial charge in [0.15, 0.2) is 0 Å². The largest absolute Gasteiger partial charge is 3.00 e. The SMILES string of the molecule is C1=CC2C=CC1C2.C1=CCC/C=C\CC1.[O-][Cl+3]([O-])([O-])[O-].[O-][Cl+3]([O-])([O-])[O-].[O-][Cl+3]([O-])([O-])[O-].[Rh+3]. The Morgan fingerprint density at radius 3 is 0.677 bits per heavy atom. The molecule has 0 aromatic heterocycles. The molecule has 0 aromatic carbocycles. The van der Waals surface area contributed by atoms with Crippen molar-refractivity contribution in [2.45, 2.75) is 32.1 Å². The van der Waals surface area contributed by atoms with Gasteiger partial charge in [0.05, 0.1) is 0 Å². The van der Waals surface area contributed by atoms with Crippen LogP contribution in [0.4, 0.5) is 0 Å². The van der Waals surface area contributed by atoms with E-state index in [1.54, 1.807) is 0 Å². The van der Waals surface area contributed by atoms with E-state index in [4.69, 9.17) is 55.9 Å². The Balaban J connectivity index is -0.000000320. The Bertz CT molecular complexity index is 452. The number of hydrogen-bond donors (Lipinski definition) is 0. The van der Waals surface area contributed by atoms with Crippen molar-refractivity contribution in [1.29, 1.82) is 0 Å². The number of allylic oxidation sites excluding steroid dienone is 8. The fraction of sp³-hybridized carbons (Fsp3) is 0.467. The van der Waals surface area contributed by atoms with Gasteiger partial charge in [0.2, 0.25) is 0 Å². The van der Waals surface area contributed by atoms with Gasteiger partial charge in [-0.2, -0.15) is 0 Å². The summed E-state index contributed by atoms with van der Waals surface area (Å²) in [5.74, 6) is 1.62. The van der Waals surface area contributed by atoms with Crippen LogP contribution >= 0.6 is 0 Å². The first-order valence-electron chi connectivity index (χ1n) is 7.97. The van der Waals surface area contributed by atoms with Crippen LogP contribution in [0.25, 0.3) is 0 Å².